The summed E-state index contributed by atoms with van der Waals surface area (Å²) in [4.78, 5) is 27.4. The number of halogens is 2. The maximum atomic E-state index is 13.2. The van der Waals surface area contributed by atoms with E-state index < -0.39 is 5.63 Å². The van der Waals surface area contributed by atoms with Crippen LogP contribution in [-0.2, 0) is 0 Å². The summed E-state index contributed by atoms with van der Waals surface area (Å²) in [6.45, 7) is 0.563. The van der Waals surface area contributed by atoms with Gasteiger partial charge in [-0.15, -0.1) is 11.8 Å². The van der Waals surface area contributed by atoms with E-state index >= 15 is 0 Å². The number of fused-ring (bicyclic) bond motifs is 1. The molecule has 0 N–H and O–H groups in total. The van der Waals surface area contributed by atoms with Gasteiger partial charge in [-0.2, -0.15) is 0 Å². The lowest BCUT2D eigenvalue weighted by atomic mass is 10.1. The zero-order chi connectivity index (χ0) is 19.8. The van der Waals surface area contributed by atoms with Crippen LogP contribution in [0.3, 0.4) is 0 Å². The molecular formula is C20H15Br2NO4S. The second kappa shape index (κ2) is 7.93. The molecule has 1 fully saturated rings. The number of benzene rings is 2. The second-order valence-corrected chi connectivity index (χ2v) is 9.20. The van der Waals surface area contributed by atoms with E-state index in [0.717, 1.165) is 26.0 Å². The molecule has 1 amide bonds. The smallest absolute Gasteiger partial charge is 0.349 e. The minimum Gasteiger partial charge on any atom is -0.496 e. The fourth-order valence-corrected chi connectivity index (χ4v) is 5.37. The molecule has 1 saturated heterocycles. The van der Waals surface area contributed by atoms with Gasteiger partial charge in [-0.05, 0) is 57.9 Å². The molecule has 1 aliphatic rings. The number of hydrogen-bond donors (Lipinski definition) is 0. The predicted octanol–water partition coefficient (Wildman–Crippen LogP) is 5.21. The first kappa shape index (κ1) is 19.5. The summed E-state index contributed by atoms with van der Waals surface area (Å²) in [7, 11) is 1.61. The molecule has 8 heteroatoms. The average Bonchev–Trinajstić information content (AvgIpc) is 3.17. The Labute approximate surface area is 182 Å². The Balaban J connectivity index is 1.71. The van der Waals surface area contributed by atoms with Gasteiger partial charge in [0, 0.05) is 22.2 Å². The Kier molecular flexibility index (Phi) is 5.53. The highest BCUT2D eigenvalue weighted by molar-refractivity contribution is 9.10. The van der Waals surface area contributed by atoms with Crippen LogP contribution in [0.15, 0.2) is 60.6 Å². The summed E-state index contributed by atoms with van der Waals surface area (Å²) in [6, 6.07) is 12.7. The maximum absolute atomic E-state index is 13.2. The first-order chi connectivity index (χ1) is 13.5. The molecule has 5 nitrogen and oxygen atoms in total. The number of methoxy groups -OCH3 is 1. The second-order valence-electron chi connectivity index (χ2n) is 6.25. The van der Waals surface area contributed by atoms with Gasteiger partial charge in [0.2, 0.25) is 0 Å². The van der Waals surface area contributed by atoms with Gasteiger partial charge in [-0.25, -0.2) is 4.79 Å². The number of hydrogen-bond acceptors (Lipinski definition) is 5. The number of ether oxygens (including phenoxy) is 1. The van der Waals surface area contributed by atoms with Gasteiger partial charge < -0.3 is 14.1 Å². The van der Waals surface area contributed by atoms with Gasteiger partial charge in [0.15, 0.2) is 0 Å². The number of nitrogens with zero attached hydrogens (tertiary/aromatic N) is 1. The fraction of sp³-hybridized carbons (Fsp3) is 0.200. The van der Waals surface area contributed by atoms with Crippen molar-refractivity contribution in [1.29, 1.82) is 0 Å². The third-order valence-electron chi connectivity index (χ3n) is 4.54. The van der Waals surface area contributed by atoms with Crippen molar-refractivity contribution in [2.45, 2.75) is 5.37 Å². The molecule has 0 radical (unpaired) electrons. The highest BCUT2D eigenvalue weighted by Crippen LogP contribution is 2.41. The summed E-state index contributed by atoms with van der Waals surface area (Å²) in [6.07, 6.45) is 0. The molecule has 2 heterocycles. The van der Waals surface area contributed by atoms with Crippen LogP contribution in [0.25, 0.3) is 11.0 Å². The minimum absolute atomic E-state index is 0.0469. The van der Waals surface area contributed by atoms with E-state index in [1.807, 2.05) is 24.3 Å². The molecule has 0 aliphatic carbocycles. The van der Waals surface area contributed by atoms with E-state index in [1.54, 1.807) is 42.0 Å². The first-order valence-corrected chi connectivity index (χ1v) is 11.1. The Morgan fingerprint density at radius 2 is 2.04 bits per heavy atom. The van der Waals surface area contributed by atoms with Crippen molar-refractivity contribution in [3.8, 4) is 5.75 Å². The van der Waals surface area contributed by atoms with Crippen molar-refractivity contribution >= 4 is 60.5 Å². The Hall–Kier alpha value is -1.77. The summed E-state index contributed by atoms with van der Waals surface area (Å²) in [5.41, 5.74) is 0.852. The molecule has 0 unspecified atom stereocenters. The molecule has 3 aromatic rings. The Bertz CT molecular complexity index is 1130. The van der Waals surface area contributed by atoms with Crippen LogP contribution in [0.5, 0.6) is 5.75 Å². The van der Waals surface area contributed by atoms with E-state index in [1.165, 1.54) is 0 Å². The molecule has 1 atom stereocenters. The highest BCUT2D eigenvalue weighted by Gasteiger charge is 2.33. The molecule has 144 valence electrons. The number of rotatable bonds is 3. The standard InChI is InChI=1S/C20H15Br2NO4S/c1-26-17-4-2-11(10-15(17)22)19-23(6-7-28-19)18(24)14-9-12-8-13(21)3-5-16(12)27-20(14)25/h2-5,8-10,19H,6-7H2,1H3/t19-/m0/s1. The van der Waals surface area contributed by atoms with E-state index in [9.17, 15) is 9.59 Å². The molecule has 28 heavy (non-hydrogen) atoms. The van der Waals surface area contributed by atoms with Gasteiger partial charge >= 0.3 is 5.63 Å². The van der Waals surface area contributed by atoms with Crippen molar-refractivity contribution < 1.29 is 13.9 Å². The van der Waals surface area contributed by atoms with E-state index in [4.69, 9.17) is 9.15 Å². The lowest BCUT2D eigenvalue weighted by Gasteiger charge is -2.24. The molecule has 1 aliphatic heterocycles. The van der Waals surface area contributed by atoms with Gasteiger partial charge in [-0.3, -0.25) is 4.79 Å². The summed E-state index contributed by atoms with van der Waals surface area (Å²) < 4.78 is 12.3. The average molecular weight is 525 g/mol. The van der Waals surface area contributed by atoms with Crippen LogP contribution in [0.1, 0.15) is 21.3 Å². The minimum atomic E-state index is -0.619. The summed E-state index contributed by atoms with van der Waals surface area (Å²) in [5, 5.41) is 0.528. The lowest BCUT2D eigenvalue weighted by Crippen LogP contribution is -2.33. The molecule has 0 spiro atoms. The van der Waals surface area contributed by atoms with Crippen LogP contribution < -0.4 is 10.4 Å². The van der Waals surface area contributed by atoms with Crippen molar-refractivity contribution in [1.82, 2.24) is 4.90 Å². The number of carbonyl (C=O) groups excluding carboxylic acids is 1. The number of carbonyl (C=O) groups is 1. The van der Waals surface area contributed by atoms with Crippen LogP contribution in [0.4, 0.5) is 0 Å². The lowest BCUT2D eigenvalue weighted by molar-refractivity contribution is 0.0756. The fourth-order valence-electron chi connectivity index (χ4n) is 3.19. The van der Waals surface area contributed by atoms with E-state index in [0.29, 0.717) is 17.5 Å². The topological polar surface area (TPSA) is 59.8 Å². The molecule has 1 aromatic heterocycles. The van der Waals surface area contributed by atoms with Crippen LogP contribution in [-0.4, -0.2) is 30.2 Å². The third-order valence-corrected chi connectivity index (χ3v) is 6.91. The first-order valence-electron chi connectivity index (χ1n) is 8.47. The molecule has 2 aromatic carbocycles. The van der Waals surface area contributed by atoms with Gasteiger partial charge in [0.1, 0.15) is 22.3 Å². The summed E-state index contributed by atoms with van der Waals surface area (Å²) in [5.74, 6) is 1.20. The van der Waals surface area contributed by atoms with Crippen LogP contribution in [0, 0.1) is 0 Å². The van der Waals surface area contributed by atoms with Gasteiger partial charge in [-0.1, -0.05) is 22.0 Å². The van der Waals surface area contributed by atoms with E-state index in [2.05, 4.69) is 31.9 Å². The third kappa shape index (κ3) is 3.60. The molecule has 0 bridgehead atoms. The SMILES string of the molecule is COc1ccc([C@@H]2SCCN2C(=O)c2cc3cc(Br)ccc3oc2=O)cc1Br. The molecule has 4 rings (SSSR count). The van der Waals surface area contributed by atoms with E-state index in [-0.39, 0.29) is 16.8 Å². The van der Waals surface area contributed by atoms with Crippen LogP contribution in [0.2, 0.25) is 0 Å². The van der Waals surface area contributed by atoms with Gasteiger partial charge in [0.25, 0.3) is 5.91 Å². The van der Waals surface area contributed by atoms with Crippen molar-refractivity contribution in [3.05, 3.63) is 73.0 Å². The van der Waals surface area contributed by atoms with Crippen molar-refractivity contribution in [2.75, 3.05) is 19.4 Å². The molecular weight excluding hydrogens is 510 g/mol. The largest absolute Gasteiger partial charge is 0.496 e. The maximum Gasteiger partial charge on any atom is 0.349 e. The van der Waals surface area contributed by atoms with Gasteiger partial charge in [0.05, 0.1) is 11.6 Å². The predicted molar refractivity (Wildman–Crippen MR) is 117 cm³/mol. The zero-order valence-corrected chi connectivity index (χ0v) is 18.8. The highest BCUT2D eigenvalue weighted by atomic mass is 79.9. The quantitative estimate of drug-likeness (QED) is 0.440. The number of thioether (sulfide) groups is 1. The molecule has 0 saturated carbocycles. The summed E-state index contributed by atoms with van der Waals surface area (Å²) >= 11 is 8.56. The number of amides is 1. The Morgan fingerprint density at radius 1 is 1.21 bits per heavy atom. The Morgan fingerprint density at radius 3 is 2.79 bits per heavy atom. The van der Waals surface area contributed by atoms with Crippen LogP contribution >= 0.6 is 43.6 Å². The normalized spacial score (nSPS) is 16.5. The van der Waals surface area contributed by atoms with Crippen molar-refractivity contribution in [3.63, 3.8) is 0 Å². The van der Waals surface area contributed by atoms with Crippen molar-refractivity contribution in [2.24, 2.45) is 0 Å². The monoisotopic (exact) mass is 523 g/mol. The zero-order valence-electron chi connectivity index (χ0n) is 14.8.